The predicted octanol–water partition coefficient (Wildman–Crippen LogP) is 5.11. The topological polar surface area (TPSA) is 50.2 Å². The van der Waals surface area contributed by atoms with Crippen molar-refractivity contribution in [1.29, 1.82) is 0 Å². The molecule has 5 nitrogen and oxygen atoms in total. The fraction of sp³-hybridized carbons (Fsp3) is 0.333. The van der Waals surface area contributed by atoms with E-state index in [0.717, 1.165) is 35.9 Å². The Morgan fingerprint density at radius 1 is 1.07 bits per heavy atom. The Bertz CT molecular complexity index is 1040. The second-order valence-corrected chi connectivity index (χ2v) is 8.69. The van der Waals surface area contributed by atoms with E-state index in [2.05, 4.69) is 67.4 Å². The van der Waals surface area contributed by atoms with Gasteiger partial charge in [0.1, 0.15) is 5.82 Å². The quantitative estimate of drug-likeness (QED) is 0.623. The number of hydrogen-bond acceptors (Lipinski definition) is 4. The van der Waals surface area contributed by atoms with E-state index in [0.29, 0.717) is 5.75 Å². The number of rotatable bonds is 5. The minimum absolute atomic E-state index is 0.0109. The molecule has 1 N–H and O–H groups in total. The Morgan fingerprint density at radius 2 is 1.73 bits per heavy atom. The Kier molecular flexibility index (Phi) is 5.86. The average molecular weight is 421 g/mol. The summed E-state index contributed by atoms with van der Waals surface area (Å²) < 4.78 is 1.87. The summed E-state index contributed by atoms with van der Waals surface area (Å²) in [5.41, 5.74) is 6.59. The van der Waals surface area contributed by atoms with Gasteiger partial charge in [0.05, 0.1) is 22.4 Å². The predicted molar refractivity (Wildman–Crippen MR) is 126 cm³/mol. The van der Waals surface area contributed by atoms with Crippen LogP contribution in [0, 0.1) is 13.8 Å². The van der Waals surface area contributed by atoms with Gasteiger partial charge in [-0.3, -0.25) is 4.79 Å². The zero-order valence-corrected chi connectivity index (χ0v) is 18.8. The van der Waals surface area contributed by atoms with Crippen molar-refractivity contribution in [1.82, 2.24) is 9.78 Å². The highest BCUT2D eigenvalue weighted by atomic mass is 32.2. The third-order valence-corrected chi connectivity index (χ3v) is 6.88. The van der Waals surface area contributed by atoms with Crippen molar-refractivity contribution in [3.8, 4) is 5.69 Å². The number of fused-ring (bicyclic) bond motifs is 1. The molecule has 6 heteroatoms. The fourth-order valence-corrected chi connectivity index (χ4v) is 5.16. The summed E-state index contributed by atoms with van der Waals surface area (Å²) in [5.74, 6) is 1.21. The third kappa shape index (κ3) is 3.84. The number of carbonyl (C=O) groups excluding carboxylic acids is 1. The standard InChI is InChI=1S/C24H28N4OS/c1-5-27(6-2)19-13-9-18(10-14-19)23-22-17(4)26-28(20-11-7-16(3)8-12-20)24(22)25-21(29)15-30-23/h7-14,23H,5-6,15H2,1-4H3,(H,25,29)/t23-/m0/s1. The van der Waals surface area contributed by atoms with Crippen molar-refractivity contribution in [2.45, 2.75) is 32.9 Å². The number of benzene rings is 2. The van der Waals surface area contributed by atoms with Crippen molar-refractivity contribution in [2.75, 3.05) is 29.1 Å². The number of nitrogens with zero attached hydrogens (tertiary/aromatic N) is 3. The summed E-state index contributed by atoms with van der Waals surface area (Å²) in [7, 11) is 0. The average Bonchev–Trinajstić information content (AvgIpc) is 2.95. The summed E-state index contributed by atoms with van der Waals surface area (Å²) >= 11 is 1.66. The monoisotopic (exact) mass is 420 g/mol. The van der Waals surface area contributed by atoms with Crippen molar-refractivity contribution < 1.29 is 4.79 Å². The Labute approximate surface area is 182 Å². The molecule has 2 heterocycles. The summed E-state index contributed by atoms with van der Waals surface area (Å²) in [4.78, 5) is 14.8. The molecule has 1 aliphatic heterocycles. The second kappa shape index (κ2) is 8.56. The molecule has 0 spiro atoms. The first-order valence-electron chi connectivity index (χ1n) is 10.4. The van der Waals surface area contributed by atoms with Crippen LogP contribution in [0.15, 0.2) is 48.5 Å². The van der Waals surface area contributed by atoms with Gasteiger partial charge in [0, 0.05) is 24.3 Å². The number of anilines is 2. The summed E-state index contributed by atoms with van der Waals surface area (Å²) in [6, 6.07) is 17.0. The lowest BCUT2D eigenvalue weighted by atomic mass is 10.0. The molecular formula is C24H28N4OS. The zero-order chi connectivity index (χ0) is 21.3. The van der Waals surface area contributed by atoms with Crippen LogP contribution in [0.4, 0.5) is 11.5 Å². The molecule has 4 rings (SSSR count). The number of nitrogens with one attached hydrogen (secondary N) is 1. The molecular weight excluding hydrogens is 392 g/mol. The van der Waals surface area contributed by atoms with E-state index in [4.69, 9.17) is 5.10 Å². The van der Waals surface area contributed by atoms with Gasteiger partial charge in [-0.15, -0.1) is 11.8 Å². The molecule has 1 atom stereocenters. The van der Waals surface area contributed by atoms with E-state index < -0.39 is 0 Å². The molecule has 0 radical (unpaired) electrons. The molecule has 0 aliphatic carbocycles. The molecule has 2 aromatic carbocycles. The van der Waals surface area contributed by atoms with Crippen LogP contribution in [0.2, 0.25) is 0 Å². The number of hydrogen-bond donors (Lipinski definition) is 1. The van der Waals surface area contributed by atoms with E-state index in [1.807, 2.05) is 23.7 Å². The van der Waals surface area contributed by atoms with Crippen LogP contribution in [0.5, 0.6) is 0 Å². The van der Waals surface area contributed by atoms with Crippen LogP contribution in [-0.2, 0) is 4.79 Å². The molecule has 1 aliphatic rings. The molecule has 0 bridgehead atoms. The normalized spacial score (nSPS) is 16.0. The highest BCUT2D eigenvalue weighted by Crippen LogP contribution is 2.44. The molecule has 1 amide bonds. The van der Waals surface area contributed by atoms with Crippen LogP contribution in [-0.4, -0.2) is 34.5 Å². The molecule has 30 heavy (non-hydrogen) atoms. The van der Waals surface area contributed by atoms with E-state index in [1.165, 1.54) is 16.8 Å². The molecule has 0 fully saturated rings. The minimum atomic E-state index is 0.0109. The van der Waals surface area contributed by atoms with Gasteiger partial charge in [-0.05, 0) is 57.5 Å². The van der Waals surface area contributed by atoms with E-state index in [9.17, 15) is 4.79 Å². The van der Waals surface area contributed by atoms with Gasteiger partial charge in [0.2, 0.25) is 5.91 Å². The number of amides is 1. The maximum absolute atomic E-state index is 12.5. The van der Waals surface area contributed by atoms with E-state index in [-0.39, 0.29) is 11.2 Å². The molecule has 3 aromatic rings. The number of aromatic nitrogens is 2. The lowest BCUT2D eigenvalue weighted by Gasteiger charge is -2.22. The number of thioether (sulfide) groups is 1. The molecule has 0 unspecified atom stereocenters. The lowest BCUT2D eigenvalue weighted by molar-refractivity contribution is -0.113. The van der Waals surface area contributed by atoms with Crippen LogP contribution < -0.4 is 10.2 Å². The SMILES string of the molecule is CCN(CC)c1ccc([C@@H]2SCC(=O)Nc3c2c(C)nn3-c2ccc(C)cc2)cc1. The third-order valence-electron chi connectivity index (χ3n) is 5.61. The van der Waals surface area contributed by atoms with Crippen LogP contribution in [0.25, 0.3) is 5.69 Å². The fourth-order valence-electron chi connectivity index (χ4n) is 3.97. The Balaban J connectivity index is 1.77. The molecule has 1 aromatic heterocycles. The minimum Gasteiger partial charge on any atom is -0.372 e. The summed E-state index contributed by atoms with van der Waals surface area (Å²) in [5, 5.41) is 7.96. The van der Waals surface area contributed by atoms with Crippen molar-refractivity contribution >= 4 is 29.2 Å². The van der Waals surface area contributed by atoms with Gasteiger partial charge >= 0.3 is 0 Å². The largest absolute Gasteiger partial charge is 0.372 e. The Hall–Kier alpha value is -2.73. The van der Waals surface area contributed by atoms with Crippen molar-refractivity contribution in [2.24, 2.45) is 0 Å². The summed E-state index contributed by atoms with van der Waals surface area (Å²) in [6.45, 7) is 10.4. The van der Waals surface area contributed by atoms with Crippen molar-refractivity contribution in [3.05, 3.63) is 70.9 Å². The van der Waals surface area contributed by atoms with Crippen LogP contribution >= 0.6 is 11.8 Å². The van der Waals surface area contributed by atoms with Gasteiger partial charge in [0.15, 0.2) is 0 Å². The first-order chi connectivity index (χ1) is 14.5. The maximum atomic E-state index is 12.5. The maximum Gasteiger partial charge on any atom is 0.235 e. The second-order valence-electron chi connectivity index (χ2n) is 7.60. The summed E-state index contributed by atoms with van der Waals surface area (Å²) in [6.07, 6.45) is 0. The number of carbonyl (C=O) groups is 1. The number of aryl methyl sites for hydroxylation is 2. The first kappa shape index (κ1) is 20.5. The smallest absolute Gasteiger partial charge is 0.235 e. The zero-order valence-electron chi connectivity index (χ0n) is 18.0. The van der Waals surface area contributed by atoms with Gasteiger partial charge in [0.25, 0.3) is 0 Å². The Morgan fingerprint density at radius 3 is 2.37 bits per heavy atom. The van der Waals surface area contributed by atoms with E-state index in [1.54, 1.807) is 11.8 Å². The molecule has 156 valence electrons. The van der Waals surface area contributed by atoms with Gasteiger partial charge in [-0.2, -0.15) is 5.10 Å². The van der Waals surface area contributed by atoms with Crippen LogP contribution in [0.1, 0.15) is 41.5 Å². The van der Waals surface area contributed by atoms with Crippen molar-refractivity contribution in [3.63, 3.8) is 0 Å². The van der Waals surface area contributed by atoms with Gasteiger partial charge < -0.3 is 10.2 Å². The highest BCUT2D eigenvalue weighted by molar-refractivity contribution is 8.00. The molecule has 0 saturated heterocycles. The van der Waals surface area contributed by atoms with E-state index >= 15 is 0 Å². The highest BCUT2D eigenvalue weighted by Gasteiger charge is 2.30. The van der Waals surface area contributed by atoms with Gasteiger partial charge in [-0.1, -0.05) is 29.8 Å². The van der Waals surface area contributed by atoms with Crippen LogP contribution in [0.3, 0.4) is 0 Å². The first-order valence-corrected chi connectivity index (χ1v) is 11.5. The van der Waals surface area contributed by atoms with Gasteiger partial charge in [-0.25, -0.2) is 4.68 Å². The lowest BCUT2D eigenvalue weighted by Crippen LogP contribution is -2.21. The molecule has 0 saturated carbocycles.